The van der Waals surface area contributed by atoms with Crippen molar-refractivity contribution in [2.75, 3.05) is 11.1 Å². The zero-order valence-electron chi connectivity index (χ0n) is 7.50. The second-order valence-electron chi connectivity index (χ2n) is 3.80. The van der Waals surface area contributed by atoms with Crippen LogP contribution in [-0.4, -0.2) is 11.1 Å². The van der Waals surface area contributed by atoms with E-state index in [1.54, 1.807) is 0 Å². The van der Waals surface area contributed by atoms with E-state index in [0.29, 0.717) is 5.41 Å². The summed E-state index contributed by atoms with van der Waals surface area (Å²) >= 11 is 2.42. The number of hydrogen-bond acceptors (Lipinski definition) is 0. The van der Waals surface area contributed by atoms with Crippen LogP contribution in [0.15, 0.2) is 0 Å². The van der Waals surface area contributed by atoms with Crippen LogP contribution in [0.1, 0.15) is 39.5 Å². The summed E-state index contributed by atoms with van der Waals surface area (Å²) in [5.41, 5.74) is 0.455. The molecular weight excluding hydrogens is 254 g/mol. The minimum Gasteiger partial charge on any atom is -0.251 e. The molecule has 0 unspecified atom stereocenters. The third-order valence-electron chi connectivity index (χ3n) is 1.85. The molecule has 0 saturated carbocycles. The van der Waals surface area contributed by atoms with Gasteiger partial charge in [-0.05, 0) is 18.3 Å². The zero-order chi connectivity index (χ0) is 8.74. The fraction of sp³-hybridized carbons (Fsp3) is 1.00. The maximum absolute atomic E-state index is 11.7. The van der Waals surface area contributed by atoms with Gasteiger partial charge >= 0.3 is 0 Å². The van der Waals surface area contributed by atoms with E-state index in [1.807, 2.05) is 0 Å². The van der Waals surface area contributed by atoms with Crippen LogP contribution < -0.4 is 0 Å². The summed E-state index contributed by atoms with van der Waals surface area (Å²) in [6.07, 6.45) is 4.21. The number of unbranched alkanes of at least 4 members (excludes halogenated alkanes) is 2. The summed E-state index contributed by atoms with van der Waals surface area (Å²) in [7, 11) is 0. The van der Waals surface area contributed by atoms with Crippen molar-refractivity contribution >= 4 is 22.6 Å². The third kappa shape index (κ3) is 7.04. The number of hydrogen-bond donors (Lipinski definition) is 0. The molecule has 0 fully saturated rings. The van der Waals surface area contributed by atoms with Crippen LogP contribution in [0.5, 0.6) is 0 Å². The van der Waals surface area contributed by atoms with Gasteiger partial charge in [-0.25, -0.2) is 0 Å². The molecule has 0 bridgehead atoms. The predicted octanol–water partition coefficient (Wildman–Crippen LogP) is 3.98. The van der Waals surface area contributed by atoms with Gasteiger partial charge in [0, 0.05) is 4.43 Å². The first-order valence-electron chi connectivity index (χ1n) is 4.24. The summed E-state index contributed by atoms with van der Waals surface area (Å²) in [4.78, 5) is 0. The molecule has 0 nitrogen and oxygen atoms in total. The first-order chi connectivity index (χ1) is 5.12. The smallest absolute Gasteiger partial charge is 0.0894 e. The average Bonchev–Trinajstić information content (AvgIpc) is 1.99. The van der Waals surface area contributed by atoms with Gasteiger partial charge in [0.25, 0.3) is 0 Å². The zero-order valence-corrected chi connectivity index (χ0v) is 9.66. The van der Waals surface area contributed by atoms with E-state index >= 15 is 0 Å². The second kappa shape index (κ2) is 6.21. The van der Waals surface area contributed by atoms with Gasteiger partial charge in [-0.15, -0.1) is 0 Å². The maximum atomic E-state index is 11.7. The molecule has 2 heteroatoms. The van der Waals surface area contributed by atoms with Gasteiger partial charge in [-0.2, -0.15) is 0 Å². The molecule has 0 aromatic carbocycles. The van der Waals surface area contributed by atoms with E-state index in [1.165, 1.54) is 17.3 Å². The highest BCUT2D eigenvalue weighted by Gasteiger charge is 2.14. The van der Waals surface area contributed by atoms with E-state index in [2.05, 4.69) is 36.4 Å². The van der Waals surface area contributed by atoms with E-state index < -0.39 is 0 Å². The lowest BCUT2D eigenvalue weighted by Crippen LogP contribution is -2.12. The lowest BCUT2D eigenvalue weighted by molar-refractivity contribution is 0.362. The monoisotopic (exact) mass is 272 g/mol. The van der Waals surface area contributed by atoms with Crippen LogP contribution in [0.25, 0.3) is 0 Å². The molecule has 0 aromatic rings. The van der Waals surface area contributed by atoms with Gasteiger partial charge < -0.3 is 0 Å². The summed E-state index contributed by atoms with van der Waals surface area (Å²) in [6, 6.07) is 0. The van der Waals surface area contributed by atoms with Crippen LogP contribution in [0.2, 0.25) is 0 Å². The number of halogens is 2. The largest absolute Gasteiger partial charge is 0.251 e. The summed E-state index contributed by atoms with van der Waals surface area (Å²) in [5.74, 6) is 0. The fourth-order valence-electron chi connectivity index (χ4n) is 0.942. The molecule has 0 atom stereocenters. The molecule has 0 N–H and O–H groups in total. The van der Waals surface area contributed by atoms with Gasteiger partial charge in [0.15, 0.2) is 0 Å². The van der Waals surface area contributed by atoms with Crippen molar-refractivity contribution in [1.29, 1.82) is 0 Å². The fourth-order valence-corrected chi connectivity index (χ4v) is 1.32. The minimum absolute atomic E-state index is 0.148. The molecule has 0 aromatic heterocycles. The Morgan fingerprint density at radius 3 is 2.27 bits per heavy atom. The summed E-state index contributed by atoms with van der Waals surface area (Å²) in [6.45, 7) is 4.40. The average molecular weight is 272 g/mol. The molecule has 0 rings (SSSR count). The molecule has 0 heterocycles. The van der Waals surface area contributed by atoms with Crippen molar-refractivity contribution in [3.63, 3.8) is 0 Å². The molecule has 0 aliphatic heterocycles. The molecule has 0 radical (unpaired) electrons. The Morgan fingerprint density at radius 1 is 1.18 bits per heavy atom. The van der Waals surface area contributed by atoms with E-state index in [0.717, 1.165) is 12.8 Å². The SMILES string of the molecule is CC(C)(CI)CCCCCF. The Balaban J connectivity index is 3.23. The highest BCUT2D eigenvalue weighted by molar-refractivity contribution is 14.1. The Hall–Kier alpha value is 0.660. The standard InChI is InChI=1S/C9H18FI/c1-9(2,8-11)6-4-3-5-7-10/h3-8H2,1-2H3. The number of rotatable bonds is 6. The highest BCUT2D eigenvalue weighted by Crippen LogP contribution is 2.25. The molecule has 11 heavy (non-hydrogen) atoms. The first kappa shape index (κ1) is 11.7. The van der Waals surface area contributed by atoms with Crippen molar-refractivity contribution < 1.29 is 4.39 Å². The van der Waals surface area contributed by atoms with Crippen LogP contribution in [-0.2, 0) is 0 Å². The van der Waals surface area contributed by atoms with Crippen LogP contribution in [0.4, 0.5) is 4.39 Å². The molecule has 0 aliphatic carbocycles. The van der Waals surface area contributed by atoms with Crippen LogP contribution >= 0.6 is 22.6 Å². The maximum Gasteiger partial charge on any atom is 0.0894 e. The predicted molar refractivity (Wildman–Crippen MR) is 57.1 cm³/mol. The van der Waals surface area contributed by atoms with Crippen molar-refractivity contribution in [1.82, 2.24) is 0 Å². The first-order valence-corrected chi connectivity index (χ1v) is 5.77. The minimum atomic E-state index is -0.148. The Labute approximate surface area is 83.1 Å². The molecule has 0 spiro atoms. The molecule has 68 valence electrons. The highest BCUT2D eigenvalue weighted by atomic mass is 127. The Bertz CT molecular complexity index is 91.6. The lowest BCUT2D eigenvalue weighted by atomic mass is 9.89. The second-order valence-corrected chi connectivity index (χ2v) is 4.56. The molecule has 0 aliphatic rings. The van der Waals surface area contributed by atoms with Crippen LogP contribution in [0, 0.1) is 5.41 Å². The summed E-state index contributed by atoms with van der Waals surface area (Å²) < 4.78 is 12.9. The van der Waals surface area contributed by atoms with Gasteiger partial charge in [0.1, 0.15) is 0 Å². The van der Waals surface area contributed by atoms with E-state index in [9.17, 15) is 4.39 Å². The van der Waals surface area contributed by atoms with Crippen LogP contribution in [0.3, 0.4) is 0 Å². The molecule has 0 saturated heterocycles. The van der Waals surface area contributed by atoms with Crippen molar-refractivity contribution in [2.24, 2.45) is 5.41 Å². The summed E-state index contributed by atoms with van der Waals surface area (Å²) in [5, 5.41) is 0. The number of alkyl halides is 2. The van der Waals surface area contributed by atoms with E-state index in [-0.39, 0.29) is 6.67 Å². The normalized spacial score (nSPS) is 12.0. The van der Waals surface area contributed by atoms with Crippen molar-refractivity contribution in [3.8, 4) is 0 Å². The van der Waals surface area contributed by atoms with Gasteiger partial charge in [0.2, 0.25) is 0 Å². The van der Waals surface area contributed by atoms with Crippen molar-refractivity contribution in [2.45, 2.75) is 39.5 Å². The topological polar surface area (TPSA) is 0 Å². The quantitative estimate of drug-likeness (QED) is 0.390. The molecular formula is C9H18FI. The van der Waals surface area contributed by atoms with E-state index in [4.69, 9.17) is 0 Å². The third-order valence-corrected chi connectivity index (χ3v) is 3.91. The molecule has 0 amide bonds. The van der Waals surface area contributed by atoms with Crippen molar-refractivity contribution in [3.05, 3.63) is 0 Å². The Kier molecular flexibility index (Phi) is 6.58. The Morgan fingerprint density at radius 2 is 1.82 bits per heavy atom. The van der Waals surface area contributed by atoms with Gasteiger partial charge in [-0.3, -0.25) is 4.39 Å². The van der Waals surface area contributed by atoms with Gasteiger partial charge in [-0.1, -0.05) is 49.3 Å². The van der Waals surface area contributed by atoms with Gasteiger partial charge in [0.05, 0.1) is 6.67 Å². The lowest BCUT2D eigenvalue weighted by Gasteiger charge is -2.20.